The van der Waals surface area contributed by atoms with E-state index in [1.165, 1.54) is 12.1 Å². The summed E-state index contributed by atoms with van der Waals surface area (Å²) in [5.41, 5.74) is 4.61. The van der Waals surface area contributed by atoms with Crippen molar-refractivity contribution in [3.63, 3.8) is 0 Å². The monoisotopic (exact) mass is 127 g/mol. The minimum Gasteiger partial charge on any atom is -0.388 e. The van der Waals surface area contributed by atoms with Crippen molar-refractivity contribution < 1.29 is 0 Å². The number of hydrogen-bond donors (Lipinski definition) is 1. The van der Waals surface area contributed by atoms with E-state index in [1.54, 1.807) is 0 Å². The lowest BCUT2D eigenvalue weighted by molar-refractivity contribution is 1.41. The van der Waals surface area contributed by atoms with Crippen molar-refractivity contribution >= 4 is 11.6 Å². The second kappa shape index (κ2) is 2.90. The van der Waals surface area contributed by atoms with Crippen LogP contribution in [0.1, 0.15) is 0 Å². The summed E-state index contributed by atoms with van der Waals surface area (Å²) in [5.74, 6) is 0. The SMILES string of the molecule is N#CC(C#N)=C(N)Cl. The molecule has 0 aliphatic heterocycles. The number of halogens is 1. The fraction of sp³-hybridized carbons (Fsp3) is 0. The highest BCUT2D eigenvalue weighted by molar-refractivity contribution is 6.29. The van der Waals surface area contributed by atoms with Gasteiger partial charge in [-0.05, 0) is 0 Å². The van der Waals surface area contributed by atoms with Crippen LogP contribution in [0.4, 0.5) is 0 Å². The molecule has 0 heterocycles. The molecule has 0 amide bonds. The molecular weight excluding hydrogens is 126 g/mol. The number of rotatable bonds is 0. The van der Waals surface area contributed by atoms with Crippen LogP contribution >= 0.6 is 11.6 Å². The molecule has 3 nitrogen and oxygen atoms in total. The van der Waals surface area contributed by atoms with E-state index in [-0.39, 0.29) is 10.7 Å². The molecule has 40 valence electrons. The molecule has 0 aliphatic carbocycles. The Kier molecular flexibility index (Phi) is 2.47. The molecule has 0 aliphatic rings. The maximum absolute atomic E-state index is 8.00. The normalized spacial score (nSPS) is 6.38. The number of nitrogens with zero attached hydrogens (tertiary/aromatic N) is 2. The maximum Gasteiger partial charge on any atom is 0.164 e. The summed E-state index contributed by atoms with van der Waals surface area (Å²) in [6.07, 6.45) is 0. The third kappa shape index (κ3) is 1.51. The summed E-state index contributed by atoms with van der Waals surface area (Å²) in [7, 11) is 0. The van der Waals surface area contributed by atoms with Gasteiger partial charge in [-0.25, -0.2) is 0 Å². The molecule has 0 saturated carbocycles. The third-order valence-electron chi connectivity index (χ3n) is 0.462. The zero-order chi connectivity index (χ0) is 6.57. The Morgan fingerprint density at radius 3 is 1.75 bits per heavy atom. The topological polar surface area (TPSA) is 73.6 Å². The quantitative estimate of drug-likeness (QED) is 0.379. The Bertz CT molecular complexity index is 172. The van der Waals surface area contributed by atoms with Gasteiger partial charge >= 0.3 is 0 Å². The molecule has 0 radical (unpaired) electrons. The Hall–Kier alpha value is -1.19. The first-order valence-electron chi connectivity index (χ1n) is 1.67. The average Bonchev–Trinajstić information content (AvgIpc) is 1.69. The van der Waals surface area contributed by atoms with Gasteiger partial charge in [-0.1, -0.05) is 11.6 Å². The highest BCUT2D eigenvalue weighted by Gasteiger charge is 1.94. The Morgan fingerprint density at radius 1 is 1.38 bits per heavy atom. The molecule has 4 heteroatoms. The van der Waals surface area contributed by atoms with E-state index >= 15 is 0 Å². The van der Waals surface area contributed by atoms with Gasteiger partial charge in [0.25, 0.3) is 0 Å². The van der Waals surface area contributed by atoms with E-state index in [9.17, 15) is 0 Å². The molecule has 0 rings (SSSR count). The standard InChI is InChI=1S/C4H2ClN3/c5-4(8)3(1-6)2-7/h8H2. The summed E-state index contributed by atoms with van der Waals surface area (Å²) in [4.78, 5) is 0. The van der Waals surface area contributed by atoms with Crippen LogP contribution in [0.25, 0.3) is 0 Å². The largest absolute Gasteiger partial charge is 0.388 e. The molecular formula is C4H2ClN3. The Morgan fingerprint density at radius 2 is 1.75 bits per heavy atom. The van der Waals surface area contributed by atoms with Crippen LogP contribution < -0.4 is 5.73 Å². The minimum absolute atomic E-state index is 0.244. The van der Waals surface area contributed by atoms with Crippen LogP contribution in [0.15, 0.2) is 10.7 Å². The predicted molar refractivity (Wildman–Crippen MR) is 28.3 cm³/mol. The first-order valence-corrected chi connectivity index (χ1v) is 2.05. The summed E-state index contributed by atoms with van der Waals surface area (Å²) < 4.78 is 0. The van der Waals surface area contributed by atoms with Gasteiger partial charge in [-0.3, -0.25) is 0 Å². The van der Waals surface area contributed by atoms with E-state index in [2.05, 4.69) is 0 Å². The van der Waals surface area contributed by atoms with Crippen molar-refractivity contribution in [1.29, 1.82) is 10.5 Å². The molecule has 0 unspecified atom stereocenters. The Balaban J connectivity index is 4.47. The van der Waals surface area contributed by atoms with Crippen LogP contribution in [0.3, 0.4) is 0 Å². The van der Waals surface area contributed by atoms with E-state index in [0.29, 0.717) is 0 Å². The first-order chi connectivity index (χ1) is 3.72. The molecule has 0 aromatic rings. The molecule has 0 fully saturated rings. The van der Waals surface area contributed by atoms with Crippen LogP contribution in [0.5, 0.6) is 0 Å². The lowest BCUT2D eigenvalue weighted by Gasteiger charge is -1.79. The van der Waals surface area contributed by atoms with Crippen LogP contribution in [-0.2, 0) is 0 Å². The van der Waals surface area contributed by atoms with Crippen LogP contribution in [-0.4, -0.2) is 0 Å². The van der Waals surface area contributed by atoms with Gasteiger partial charge in [0.05, 0.1) is 0 Å². The van der Waals surface area contributed by atoms with E-state index in [4.69, 9.17) is 27.9 Å². The van der Waals surface area contributed by atoms with Gasteiger partial charge in [0.1, 0.15) is 17.3 Å². The summed E-state index contributed by atoms with van der Waals surface area (Å²) in [6.45, 7) is 0. The van der Waals surface area contributed by atoms with Gasteiger partial charge in [-0.2, -0.15) is 10.5 Å². The molecule has 0 aromatic heterocycles. The van der Waals surface area contributed by atoms with Gasteiger partial charge < -0.3 is 5.73 Å². The molecule has 8 heavy (non-hydrogen) atoms. The van der Waals surface area contributed by atoms with Crippen molar-refractivity contribution in [3.05, 3.63) is 10.7 Å². The van der Waals surface area contributed by atoms with E-state index in [1.807, 2.05) is 0 Å². The molecule has 0 aromatic carbocycles. The lowest BCUT2D eigenvalue weighted by Crippen LogP contribution is -1.91. The van der Waals surface area contributed by atoms with Gasteiger partial charge in [0.15, 0.2) is 5.57 Å². The molecule has 0 bridgehead atoms. The van der Waals surface area contributed by atoms with Crippen molar-refractivity contribution in [2.45, 2.75) is 0 Å². The Labute approximate surface area is 51.6 Å². The second-order valence-electron chi connectivity index (χ2n) is 0.947. The third-order valence-corrected chi connectivity index (χ3v) is 0.651. The summed E-state index contributed by atoms with van der Waals surface area (Å²) in [6, 6.07) is 3.03. The molecule has 0 saturated heterocycles. The van der Waals surface area contributed by atoms with Crippen molar-refractivity contribution in [2.24, 2.45) is 5.73 Å². The second-order valence-corrected chi connectivity index (χ2v) is 1.35. The average molecular weight is 128 g/mol. The highest BCUT2D eigenvalue weighted by atomic mass is 35.5. The number of nitriles is 2. The van der Waals surface area contributed by atoms with Gasteiger partial charge in [0, 0.05) is 0 Å². The minimum atomic E-state index is -0.255. The van der Waals surface area contributed by atoms with Gasteiger partial charge in [0.2, 0.25) is 0 Å². The molecule has 0 spiro atoms. The number of hydrogen-bond acceptors (Lipinski definition) is 3. The fourth-order valence-corrected chi connectivity index (χ4v) is 0.216. The smallest absolute Gasteiger partial charge is 0.164 e. The maximum atomic E-state index is 8.00. The summed E-state index contributed by atoms with van der Waals surface area (Å²) >= 11 is 5.06. The van der Waals surface area contributed by atoms with Crippen LogP contribution in [0, 0.1) is 22.7 Å². The molecule has 0 atom stereocenters. The zero-order valence-corrected chi connectivity index (χ0v) is 4.61. The fourth-order valence-electron chi connectivity index (χ4n) is 0.132. The van der Waals surface area contributed by atoms with Crippen LogP contribution in [0.2, 0.25) is 0 Å². The van der Waals surface area contributed by atoms with Crippen molar-refractivity contribution in [2.75, 3.05) is 0 Å². The van der Waals surface area contributed by atoms with E-state index < -0.39 is 0 Å². The van der Waals surface area contributed by atoms with Gasteiger partial charge in [-0.15, -0.1) is 0 Å². The molecule has 2 N–H and O–H groups in total. The van der Waals surface area contributed by atoms with Crippen molar-refractivity contribution in [1.82, 2.24) is 0 Å². The lowest BCUT2D eigenvalue weighted by atomic mass is 10.4. The summed E-state index contributed by atoms with van der Waals surface area (Å²) in [5, 5.41) is 15.7. The predicted octanol–water partition coefficient (Wildman–Crippen LogP) is 0.443. The highest BCUT2D eigenvalue weighted by Crippen LogP contribution is 1.98. The van der Waals surface area contributed by atoms with E-state index in [0.717, 1.165) is 0 Å². The zero-order valence-electron chi connectivity index (χ0n) is 3.85. The number of allylic oxidation sites excluding steroid dienone is 1. The first kappa shape index (κ1) is 6.81. The number of nitrogens with two attached hydrogens (primary N) is 1. The van der Waals surface area contributed by atoms with Crippen molar-refractivity contribution in [3.8, 4) is 12.1 Å².